The second-order valence-electron chi connectivity index (χ2n) is 6.51. The highest BCUT2D eigenvalue weighted by atomic mass is 19.4. The normalized spacial score (nSPS) is 31.6. The van der Waals surface area contributed by atoms with Crippen LogP contribution in [0.1, 0.15) is 23.7 Å². The van der Waals surface area contributed by atoms with Crippen molar-refractivity contribution in [2.75, 3.05) is 18.5 Å². The van der Waals surface area contributed by atoms with Gasteiger partial charge in [-0.25, -0.2) is 0 Å². The van der Waals surface area contributed by atoms with Gasteiger partial charge in [0.05, 0.1) is 30.6 Å². The van der Waals surface area contributed by atoms with E-state index in [0.29, 0.717) is 30.9 Å². The molecule has 4 nitrogen and oxygen atoms in total. The molecule has 0 amide bonds. The van der Waals surface area contributed by atoms with E-state index in [0.717, 1.165) is 12.1 Å². The summed E-state index contributed by atoms with van der Waals surface area (Å²) in [7, 11) is 0. The Hall–Kier alpha value is -1.99. The van der Waals surface area contributed by atoms with Gasteiger partial charge in [0.2, 0.25) is 0 Å². The van der Waals surface area contributed by atoms with Crippen LogP contribution in [0.15, 0.2) is 42.2 Å². The van der Waals surface area contributed by atoms with Crippen molar-refractivity contribution in [1.29, 1.82) is 0 Å². The first-order valence-electron chi connectivity index (χ1n) is 8.21. The van der Waals surface area contributed by atoms with Gasteiger partial charge in [-0.15, -0.1) is 0 Å². The van der Waals surface area contributed by atoms with Gasteiger partial charge in [0, 0.05) is 23.6 Å². The van der Waals surface area contributed by atoms with E-state index < -0.39 is 23.9 Å². The van der Waals surface area contributed by atoms with Crippen LogP contribution in [0.5, 0.6) is 0 Å². The first kappa shape index (κ1) is 16.5. The van der Waals surface area contributed by atoms with Crippen LogP contribution >= 0.6 is 0 Å². The van der Waals surface area contributed by atoms with E-state index in [1.54, 1.807) is 12.2 Å². The molecular formula is C18H18F3NO3. The molecule has 1 saturated heterocycles. The van der Waals surface area contributed by atoms with E-state index in [9.17, 15) is 18.3 Å². The number of rotatable bonds is 1. The van der Waals surface area contributed by atoms with Gasteiger partial charge >= 0.3 is 6.18 Å². The Kier molecular flexibility index (Phi) is 4.00. The van der Waals surface area contributed by atoms with Gasteiger partial charge in [0.1, 0.15) is 12.2 Å². The van der Waals surface area contributed by atoms with Gasteiger partial charge in [-0.3, -0.25) is 0 Å². The molecule has 25 heavy (non-hydrogen) atoms. The lowest BCUT2D eigenvalue weighted by molar-refractivity contribution is -0.155. The third-order valence-electron chi connectivity index (χ3n) is 4.90. The number of ether oxygens (including phenoxy) is 2. The van der Waals surface area contributed by atoms with E-state index in [4.69, 9.17) is 9.47 Å². The fourth-order valence-electron chi connectivity index (χ4n) is 3.75. The fourth-order valence-corrected chi connectivity index (χ4v) is 3.75. The number of anilines is 1. The Morgan fingerprint density at radius 2 is 1.96 bits per heavy atom. The maximum atomic E-state index is 13.1. The van der Waals surface area contributed by atoms with Crippen molar-refractivity contribution in [3.8, 4) is 0 Å². The van der Waals surface area contributed by atoms with Crippen LogP contribution in [0, 0.1) is 5.92 Å². The summed E-state index contributed by atoms with van der Waals surface area (Å²) in [5.41, 5.74) is 0.389. The Morgan fingerprint density at radius 1 is 1.16 bits per heavy atom. The highest BCUT2D eigenvalue weighted by molar-refractivity contribution is 5.58. The lowest BCUT2D eigenvalue weighted by atomic mass is 9.81. The second kappa shape index (κ2) is 6.07. The molecule has 0 aromatic heterocycles. The van der Waals surface area contributed by atoms with Gasteiger partial charge in [0.25, 0.3) is 0 Å². The molecule has 4 atom stereocenters. The van der Waals surface area contributed by atoms with E-state index in [1.165, 1.54) is 6.07 Å². The summed E-state index contributed by atoms with van der Waals surface area (Å²) in [5.74, 6) is 0.246. The van der Waals surface area contributed by atoms with Gasteiger partial charge in [-0.05, 0) is 24.3 Å². The summed E-state index contributed by atoms with van der Waals surface area (Å²) >= 11 is 0. The summed E-state index contributed by atoms with van der Waals surface area (Å²) < 4.78 is 50.8. The molecule has 2 aliphatic heterocycles. The average Bonchev–Trinajstić information content (AvgIpc) is 2.60. The molecule has 1 aliphatic carbocycles. The fraction of sp³-hybridized carbons (Fsp3) is 0.444. The molecule has 134 valence electrons. The van der Waals surface area contributed by atoms with Crippen molar-refractivity contribution in [3.63, 3.8) is 0 Å². The minimum absolute atomic E-state index is 0.0327. The Balaban J connectivity index is 1.70. The van der Waals surface area contributed by atoms with Gasteiger partial charge < -0.3 is 19.9 Å². The Labute approximate surface area is 142 Å². The lowest BCUT2D eigenvalue weighted by Gasteiger charge is -2.45. The highest BCUT2D eigenvalue weighted by Crippen LogP contribution is 2.44. The monoisotopic (exact) mass is 353 g/mol. The SMILES string of the molecule is OC1=CC=CC([C@@H]2Nc3ccc(C(F)(F)F)cc3[C@H]3OCCO[C@H]32)C1. The number of aliphatic hydroxyl groups excluding tert-OH is 1. The zero-order chi connectivity index (χ0) is 17.6. The van der Waals surface area contributed by atoms with Crippen molar-refractivity contribution in [3.05, 3.63) is 53.3 Å². The molecule has 0 saturated carbocycles. The van der Waals surface area contributed by atoms with Crippen LogP contribution in [0.3, 0.4) is 0 Å². The zero-order valence-electron chi connectivity index (χ0n) is 13.3. The molecule has 2 N–H and O–H groups in total. The number of aliphatic hydroxyl groups is 1. The molecule has 3 aliphatic rings. The van der Waals surface area contributed by atoms with Crippen molar-refractivity contribution in [2.45, 2.75) is 30.8 Å². The molecule has 1 fully saturated rings. The van der Waals surface area contributed by atoms with E-state index in [1.807, 2.05) is 6.08 Å². The van der Waals surface area contributed by atoms with E-state index >= 15 is 0 Å². The summed E-state index contributed by atoms with van der Waals surface area (Å²) in [5, 5.41) is 13.1. The summed E-state index contributed by atoms with van der Waals surface area (Å²) in [4.78, 5) is 0. The van der Waals surface area contributed by atoms with Crippen molar-refractivity contribution in [1.82, 2.24) is 0 Å². The maximum Gasteiger partial charge on any atom is 0.416 e. The van der Waals surface area contributed by atoms with Crippen LogP contribution in [0.2, 0.25) is 0 Å². The van der Waals surface area contributed by atoms with Crippen LogP contribution in [-0.4, -0.2) is 30.5 Å². The quantitative estimate of drug-likeness (QED) is 0.802. The zero-order valence-corrected chi connectivity index (χ0v) is 13.3. The summed E-state index contributed by atoms with van der Waals surface area (Å²) in [6.07, 6.45) is 0.478. The first-order chi connectivity index (χ1) is 11.9. The van der Waals surface area contributed by atoms with E-state index in [-0.39, 0.29) is 17.7 Å². The number of hydrogen-bond donors (Lipinski definition) is 2. The number of fused-ring (bicyclic) bond motifs is 3. The topological polar surface area (TPSA) is 50.7 Å². The molecule has 1 unspecified atom stereocenters. The van der Waals surface area contributed by atoms with Crippen molar-refractivity contribution in [2.24, 2.45) is 5.92 Å². The maximum absolute atomic E-state index is 13.1. The summed E-state index contributed by atoms with van der Waals surface area (Å²) in [6, 6.07) is 3.46. The first-order valence-corrected chi connectivity index (χ1v) is 8.21. The minimum Gasteiger partial charge on any atom is -0.512 e. The van der Waals surface area contributed by atoms with E-state index in [2.05, 4.69) is 5.32 Å². The Morgan fingerprint density at radius 3 is 2.72 bits per heavy atom. The van der Waals surface area contributed by atoms with Crippen LogP contribution < -0.4 is 5.32 Å². The predicted octanol–water partition coefficient (Wildman–Crippen LogP) is 3.97. The average molecular weight is 353 g/mol. The Bertz CT molecular complexity index is 729. The third kappa shape index (κ3) is 3.02. The lowest BCUT2D eigenvalue weighted by Crippen LogP contribution is -2.51. The molecular weight excluding hydrogens is 335 g/mol. The van der Waals surface area contributed by atoms with Gasteiger partial charge in [-0.1, -0.05) is 12.2 Å². The van der Waals surface area contributed by atoms with Crippen LogP contribution in [-0.2, 0) is 15.7 Å². The summed E-state index contributed by atoms with van der Waals surface area (Å²) in [6.45, 7) is 0.737. The number of benzene rings is 1. The number of allylic oxidation sites excluding steroid dienone is 3. The molecule has 7 heteroatoms. The largest absolute Gasteiger partial charge is 0.512 e. The van der Waals surface area contributed by atoms with Crippen LogP contribution in [0.25, 0.3) is 0 Å². The molecule has 1 aromatic carbocycles. The number of hydrogen-bond acceptors (Lipinski definition) is 4. The number of alkyl halides is 3. The van der Waals surface area contributed by atoms with Gasteiger partial charge in [-0.2, -0.15) is 13.2 Å². The highest BCUT2D eigenvalue weighted by Gasteiger charge is 2.44. The minimum atomic E-state index is -4.40. The van der Waals surface area contributed by atoms with Crippen LogP contribution in [0.4, 0.5) is 18.9 Å². The van der Waals surface area contributed by atoms with Gasteiger partial charge in [0.15, 0.2) is 0 Å². The van der Waals surface area contributed by atoms with Crippen molar-refractivity contribution >= 4 is 5.69 Å². The third-order valence-corrected chi connectivity index (χ3v) is 4.90. The molecule has 0 spiro atoms. The predicted molar refractivity (Wildman–Crippen MR) is 85.2 cm³/mol. The smallest absolute Gasteiger partial charge is 0.416 e. The number of halogens is 3. The standard InChI is InChI=1S/C18H18F3NO3/c19-18(20,21)11-4-5-14-13(9-11)16-17(25-7-6-24-16)15(22-14)10-2-1-3-12(23)8-10/h1-5,9-10,15-17,22-23H,6-8H2/t10?,15-,16+,17-/m0/s1. The molecule has 0 radical (unpaired) electrons. The molecule has 2 heterocycles. The second-order valence-corrected chi connectivity index (χ2v) is 6.51. The molecule has 4 rings (SSSR count). The molecule has 1 aromatic rings. The van der Waals surface area contributed by atoms with Crippen molar-refractivity contribution < 1.29 is 27.8 Å². The number of nitrogens with one attached hydrogen (secondary N) is 1. The molecule has 0 bridgehead atoms.